The Kier molecular flexibility index (Phi) is 4.42. The summed E-state index contributed by atoms with van der Waals surface area (Å²) in [7, 11) is 0. The number of hydrogen-bond donors (Lipinski definition) is 2. The van der Waals surface area contributed by atoms with Gasteiger partial charge in [0.05, 0.1) is 11.7 Å². The number of anilines is 1. The number of rotatable bonds is 4. The summed E-state index contributed by atoms with van der Waals surface area (Å²) in [5.41, 5.74) is 3.26. The molecule has 2 N–H and O–H groups in total. The van der Waals surface area contributed by atoms with E-state index in [1.807, 2.05) is 30.7 Å². The van der Waals surface area contributed by atoms with Gasteiger partial charge in [0.2, 0.25) is 0 Å². The van der Waals surface area contributed by atoms with E-state index in [0.717, 1.165) is 43.6 Å². The minimum atomic E-state index is -0.263. The molecule has 3 heterocycles. The number of oxazole rings is 1. The van der Waals surface area contributed by atoms with Gasteiger partial charge in [-0.25, -0.2) is 9.67 Å². The Morgan fingerprint density at radius 2 is 2.19 bits per heavy atom. The highest BCUT2D eigenvalue weighted by molar-refractivity contribution is 6.04. The predicted octanol–water partition coefficient (Wildman–Crippen LogP) is 2.47. The normalized spacial score (nSPS) is 15.5. The van der Waals surface area contributed by atoms with E-state index in [4.69, 9.17) is 4.42 Å². The van der Waals surface area contributed by atoms with Gasteiger partial charge in [0.25, 0.3) is 5.91 Å². The second-order valence-corrected chi connectivity index (χ2v) is 6.55. The van der Waals surface area contributed by atoms with Crippen LogP contribution in [0.4, 0.5) is 5.69 Å². The minimum absolute atomic E-state index is 0.263. The van der Waals surface area contributed by atoms with Gasteiger partial charge < -0.3 is 15.1 Å². The number of aromatic nitrogens is 4. The topological polar surface area (TPSA) is 97.9 Å². The van der Waals surface area contributed by atoms with Crippen LogP contribution in [0.2, 0.25) is 0 Å². The molecule has 0 saturated carbocycles. The number of carbonyl (C=O) groups excluding carboxylic acids is 1. The first kappa shape index (κ1) is 16.7. The fourth-order valence-corrected chi connectivity index (χ4v) is 3.34. The second-order valence-electron chi connectivity index (χ2n) is 6.55. The smallest absolute Gasteiger partial charge is 0.278 e. The molecule has 136 valence electrons. The highest BCUT2D eigenvalue weighted by atomic mass is 16.3. The predicted molar refractivity (Wildman–Crippen MR) is 97.2 cm³/mol. The summed E-state index contributed by atoms with van der Waals surface area (Å²) >= 11 is 0. The van der Waals surface area contributed by atoms with E-state index in [0.29, 0.717) is 28.9 Å². The Bertz CT molecular complexity index is 938. The van der Waals surface area contributed by atoms with Crippen LogP contribution in [0.25, 0.3) is 11.1 Å². The number of fused-ring (bicyclic) bond motifs is 1. The fourth-order valence-electron chi connectivity index (χ4n) is 3.34. The zero-order valence-electron chi connectivity index (χ0n) is 15.0. The van der Waals surface area contributed by atoms with Gasteiger partial charge in [0.15, 0.2) is 17.2 Å². The van der Waals surface area contributed by atoms with Crippen molar-refractivity contribution in [2.45, 2.75) is 39.2 Å². The Hall–Kier alpha value is -2.74. The van der Waals surface area contributed by atoms with Gasteiger partial charge in [0.1, 0.15) is 5.52 Å². The Morgan fingerprint density at radius 1 is 1.38 bits per heavy atom. The van der Waals surface area contributed by atoms with Gasteiger partial charge in [-0.2, -0.15) is 0 Å². The van der Waals surface area contributed by atoms with E-state index < -0.39 is 0 Å². The average molecular weight is 354 g/mol. The maximum absolute atomic E-state index is 12.6. The number of piperidine rings is 1. The zero-order chi connectivity index (χ0) is 18.1. The number of nitrogens with zero attached hydrogens (tertiary/aromatic N) is 4. The Balaban J connectivity index is 1.53. The number of carbonyl (C=O) groups is 1. The van der Waals surface area contributed by atoms with Crippen LogP contribution in [-0.2, 0) is 6.42 Å². The van der Waals surface area contributed by atoms with Crippen LogP contribution in [0, 0.1) is 6.92 Å². The molecule has 1 aliphatic rings. The summed E-state index contributed by atoms with van der Waals surface area (Å²) in [4.78, 5) is 17.0. The summed E-state index contributed by atoms with van der Waals surface area (Å²) in [6, 6.07) is 5.72. The molecular weight excluding hydrogens is 332 g/mol. The van der Waals surface area contributed by atoms with Gasteiger partial charge in [-0.1, -0.05) is 12.1 Å². The molecule has 1 saturated heterocycles. The quantitative estimate of drug-likeness (QED) is 0.747. The molecule has 0 bridgehead atoms. The van der Waals surface area contributed by atoms with Crippen LogP contribution in [0.1, 0.15) is 47.9 Å². The van der Waals surface area contributed by atoms with E-state index in [9.17, 15) is 4.79 Å². The third-order valence-corrected chi connectivity index (χ3v) is 4.79. The Labute approximate surface area is 151 Å². The molecule has 1 aromatic carbocycles. The van der Waals surface area contributed by atoms with E-state index in [-0.39, 0.29) is 5.91 Å². The van der Waals surface area contributed by atoms with Crippen LogP contribution in [0.3, 0.4) is 0 Å². The summed E-state index contributed by atoms with van der Waals surface area (Å²) in [6.07, 6.45) is 2.72. The fraction of sp³-hybridized carbons (Fsp3) is 0.444. The summed E-state index contributed by atoms with van der Waals surface area (Å²) in [5.74, 6) is 0.422. The van der Waals surface area contributed by atoms with Crippen LogP contribution in [-0.4, -0.2) is 39.0 Å². The van der Waals surface area contributed by atoms with Crippen LogP contribution in [0.15, 0.2) is 22.6 Å². The molecule has 0 aliphatic carbocycles. The SMILES string of the molecule is CCc1nc2cc(NC(=O)c3nnn(C4CCNCC4)c3C)ccc2o1. The highest BCUT2D eigenvalue weighted by Crippen LogP contribution is 2.23. The van der Waals surface area contributed by atoms with Crippen molar-refractivity contribution in [3.8, 4) is 0 Å². The first-order valence-electron chi connectivity index (χ1n) is 8.99. The molecule has 8 nitrogen and oxygen atoms in total. The van der Waals surface area contributed by atoms with Crippen molar-refractivity contribution in [2.24, 2.45) is 0 Å². The summed E-state index contributed by atoms with van der Waals surface area (Å²) in [5, 5.41) is 14.5. The lowest BCUT2D eigenvalue weighted by atomic mass is 10.1. The third-order valence-electron chi connectivity index (χ3n) is 4.79. The molecule has 0 spiro atoms. The zero-order valence-corrected chi connectivity index (χ0v) is 15.0. The average Bonchev–Trinajstić information content (AvgIpc) is 3.25. The van der Waals surface area contributed by atoms with Crippen molar-refractivity contribution < 1.29 is 9.21 Å². The van der Waals surface area contributed by atoms with E-state index in [1.54, 1.807) is 6.07 Å². The molecule has 1 aliphatic heterocycles. The number of aryl methyl sites for hydroxylation is 1. The van der Waals surface area contributed by atoms with Crippen LogP contribution in [0.5, 0.6) is 0 Å². The van der Waals surface area contributed by atoms with E-state index in [2.05, 4.69) is 25.9 Å². The van der Waals surface area contributed by atoms with Gasteiger partial charge in [0, 0.05) is 12.1 Å². The molecule has 0 radical (unpaired) electrons. The number of benzene rings is 1. The largest absolute Gasteiger partial charge is 0.441 e. The van der Waals surface area contributed by atoms with E-state index in [1.165, 1.54) is 0 Å². The van der Waals surface area contributed by atoms with Gasteiger partial charge in [-0.3, -0.25) is 4.79 Å². The maximum Gasteiger partial charge on any atom is 0.278 e. The number of hydrogen-bond acceptors (Lipinski definition) is 6. The van der Waals surface area contributed by atoms with Gasteiger partial charge >= 0.3 is 0 Å². The van der Waals surface area contributed by atoms with Gasteiger partial charge in [-0.05, 0) is 51.1 Å². The first-order valence-corrected chi connectivity index (χ1v) is 8.99. The van der Waals surface area contributed by atoms with Crippen molar-refractivity contribution in [3.05, 3.63) is 35.5 Å². The second kappa shape index (κ2) is 6.87. The van der Waals surface area contributed by atoms with Crippen molar-refractivity contribution in [2.75, 3.05) is 18.4 Å². The monoisotopic (exact) mass is 354 g/mol. The van der Waals surface area contributed by atoms with E-state index >= 15 is 0 Å². The summed E-state index contributed by atoms with van der Waals surface area (Å²) < 4.78 is 7.48. The summed E-state index contributed by atoms with van der Waals surface area (Å²) in [6.45, 7) is 5.80. The molecule has 4 rings (SSSR count). The standard InChI is InChI=1S/C18H22N6O2/c1-3-16-21-14-10-12(4-5-15(14)26-16)20-18(25)17-11(2)24(23-22-17)13-6-8-19-9-7-13/h4-5,10,13,19H,3,6-9H2,1-2H3,(H,20,25). The number of amides is 1. The van der Waals surface area contributed by atoms with Crippen molar-refractivity contribution in [1.29, 1.82) is 0 Å². The lowest BCUT2D eigenvalue weighted by Crippen LogP contribution is -2.30. The molecule has 3 aromatic rings. The molecule has 1 fully saturated rings. The first-order chi connectivity index (χ1) is 12.7. The van der Waals surface area contributed by atoms with Crippen molar-refractivity contribution in [3.63, 3.8) is 0 Å². The Morgan fingerprint density at radius 3 is 2.96 bits per heavy atom. The molecule has 8 heteroatoms. The molecular formula is C18H22N6O2. The van der Waals surface area contributed by atoms with Crippen LogP contribution < -0.4 is 10.6 Å². The lowest BCUT2D eigenvalue weighted by Gasteiger charge is -2.23. The third kappa shape index (κ3) is 3.08. The molecule has 26 heavy (non-hydrogen) atoms. The van der Waals surface area contributed by atoms with Gasteiger partial charge in [-0.15, -0.1) is 5.10 Å². The van der Waals surface area contributed by atoms with Crippen molar-refractivity contribution in [1.82, 2.24) is 25.3 Å². The molecule has 0 atom stereocenters. The van der Waals surface area contributed by atoms with Crippen LogP contribution >= 0.6 is 0 Å². The number of nitrogens with one attached hydrogen (secondary N) is 2. The minimum Gasteiger partial charge on any atom is -0.441 e. The van der Waals surface area contributed by atoms with Crippen molar-refractivity contribution >= 4 is 22.7 Å². The molecule has 0 unspecified atom stereocenters. The highest BCUT2D eigenvalue weighted by Gasteiger charge is 2.23. The molecule has 2 aromatic heterocycles. The lowest BCUT2D eigenvalue weighted by molar-refractivity contribution is 0.102. The molecule has 1 amide bonds. The maximum atomic E-state index is 12.6.